The fourth-order valence-electron chi connectivity index (χ4n) is 4.31. The number of amides is 2. The molecule has 0 spiro atoms. The maximum atomic E-state index is 13.0. The Labute approximate surface area is 198 Å². The van der Waals surface area contributed by atoms with E-state index in [2.05, 4.69) is 26.1 Å². The highest BCUT2D eigenvalue weighted by Crippen LogP contribution is 2.22. The number of nitrogens with zero attached hydrogens (tertiary/aromatic N) is 3. The maximum absolute atomic E-state index is 13.0. The number of nitrogens with one attached hydrogen (secondary N) is 1. The molecule has 2 heterocycles. The molecule has 2 amide bonds. The number of rotatable bonds is 5. The number of hydrogen-bond acceptors (Lipinski definition) is 4. The third-order valence-corrected chi connectivity index (χ3v) is 8.53. The first kappa shape index (κ1) is 25.6. The lowest BCUT2D eigenvalue weighted by molar-refractivity contribution is -0.134. The van der Waals surface area contributed by atoms with Crippen LogP contribution in [0, 0.1) is 0 Å². The molecule has 33 heavy (non-hydrogen) atoms. The van der Waals surface area contributed by atoms with E-state index in [-0.39, 0.29) is 30.3 Å². The van der Waals surface area contributed by atoms with Crippen molar-refractivity contribution in [2.75, 3.05) is 39.3 Å². The third kappa shape index (κ3) is 6.33. The molecule has 1 aromatic carbocycles. The summed E-state index contributed by atoms with van der Waals surface area (Å²) in [6, 6.07) is 6.74. The first-order chi connectivity index (χ1) is 15.5. The Balaban J connectivity index is 1.53. The fraction of sp³-hybridized carbons (Fsp3) is 0.667. The molecule has 2 aliphatic rings. The Hall–Kier alpha value is -1.97. The number of piperazine rings is 1. The van der Waals surface area contributed by atoms with E-state index < -0.39 is 16.3 Å². The first-order valence-corrected chi connectivity index (χ1v) is 13.4. The van der Waals surface area contributed by atoms with E-state index in [0.717, 1.165) is 31.2 Å². The summed E-state index contributed by atoms with van der Waals surface area (Å²) in [4.78, 5) is 27.1. The zero-order valence-electron chi connectivity index (χ0n) is 20.3. The van der Waals surface area contributed by atoms with Crippen LogP contribution < -0.4 is 5.32 Å². The van der Waals surface area contributed by atoms with Crippen LogP contribution >= 0.6 is 0 Å². The number of hydrogen-bond donors (Lipinski definition) is 1. The molecule has 0 saturated carbocycles. The van der Waals surface area contributed by atoms with Gasteiger partial charge in [-0.1, -0.05) is 45.7 Å². The maximum Gasteiger partial charge on any atom is 0.282 e. The van der Waals surface area contributed by atoms with Gasteiger partial charge in [-0.3, -0.25) is 9.59 Å². The Kier molecular flexibility index (Phi) is 8.18. The minimum absolute atomic E-state index is 0.00110. The topological polar surface area (TPSA) is 90.0 Å². The van der Waals surface area contributed by atoms with Gasteiger partial charge >= 0.3 is 0 Å². The van der Waals surface area contributed by atoms with Crippen LogP contribution in [0.25, 0.3) is 0 Å². The van der Waals surface area contributed by atoms with E-state index in [9.17, 15) is 18.0 Å². The van der Waals surface area contributed by atoms with E-state index in [1.807, 2.05) is 12.1 Å². The van der Waals surface area contributed by atoms with E-state index in [0.29, 0.717) is 31.7 Å². The van der Waals surface area contributed by atoms with Crippen LogP contribution in [0.15, 0.2) is 24.3 Å². The molecule has 8 nitrogen and oxygen atoms in total. The second kappa shape index (κ2) is 10.5. The van der Waals surface area contributed by atoms with Crippen molar-refractivity contribution in [1.82, 2.24) is 18.8 Å². The molecule has 0 aliphatic carbocycles. The number of carbonyl (C=O) groups is 2. The quantitative estimate of drug-likeness (QED) is 0.704. The second-order valence-corrected chi connectivity index (χ2v) is 12.0. The standard InChI is InChI=1S/C24H38N4O4S/c1-19(25-22(29)20-9-11-21(12-10-20)24(2,3)4)23(30)26-15-17-28(18-16-26)33(31,32)27-13-7-5-6-8-14-27/h9-12,19H,5-8,13-18H2,1-4H3,(H,25,29). The van der Waals surface area contributed by atoms with Gasteiger partial charge in [0.05, 0.1) is 0 Å². The van der Waals surface area contributed by atoms with Crippen molar-refractivity contribution in [3.05, 3.63) is 35.4 Å². The summed E-state index contributed by atoms with van der Waals surface area (Å²) in [6.45, 7) is 10.4. The molecule has 1 N–H and O–H groups in total. The van der Waals surface area contributed by atoms with Crippen LogP contribution in [0.2, 0.25) is 0 Å². The van der Waals surface area contributed by atoms with Gasteiger partial charge in [-0.25, -0.2) is 0 Å². The Bertz CT molecular complexity index is 924. The lowest BCUT2D eigenvalue weighted by atomic mass is 9.86. The predicted octanol–water partition coefficient (Wildman–Crippen LogP) is 2.37. The van der Waals surface area contributed by atoms with Gasteiger partial charge in [-0.2, -0.15) is 17.0 Å². The van der Waals surface area contributed by atoms with Crippen molar-refractivity contribution in [3.63, 3.8) is 0 Å². The smallest absolute Gasteiger partial charge is 0.282 e. The molecule has 184 valence electrons. The summed E-state index contributed by atoms with van der Waals surface area (Å²) in [6.07, 6.45) is 3.93. The van der Waals surface area contributed by atoms with Gasteiger partial charge in [0, 0.05) is 44.8 Å². The largest absolute Gasteiger partial charge is 0.341 e. The highest BCUT2D eigenvalue weighted by molar-refractivity contribution is 7.86. The summed E-state index contributed by atoms with van der Waals surface area (Å²) >= 11 is 0. The van der Waals surface area contributed by atoms with Gasteiger partial charge in [-0.05, 0) is 42.9 Å². The van der Waals surface area contributed by atoms with Gasteiger partial charge in [0.1, 0.15) is 6.04 Å². The zero-order chi connectivity index (χ0) is 24.2. The monoisotopic (exact) mass is 478 g/mol. The van der Waals surface area contributed by atoms with Gasteiger partial charge in [-0.15, -0.1) is 0 Å². The highest BCUT2D eigenvalue weighted by Gasteiger charge is 2.34. The van der Waals surface area contributed by atoms with Crippen LogP contribution in [0.3, 0.4) is 0 Å². The molecular weight excluding hydrogens is 440 g/mol. The van der Waals surface area contributed by atoms with Crippen molar-refractivity contribution >= 4 is 22.0 Å². The van der Waals surface area contributed by atoms with Crippen LogP contribution in [0.4, 0.5) is 0 Å². The van der Waals surface area contributed by atoms with Crippen molar-refractivity contribution in [2.24, 2.45) is 0 Å². The molecule has 1 unspecified atom stereocenters. The van der Waals surface area contributed by atoms with Gasteiger partial charge in [0.2, 0.25) is 5.91 Å². The molecule has 2 aliphatic heterocycles. The molecule has 2 saturated heterocycles. The molecule has 0 radical (unpaired) electrons. The summed E-state index contributed by atoms with van der Waals surface area (Å²) in [5, 5.41) is 2.78. The van der Waals surface area contributed by atoms with Crippen LogP contribution in [-0.4, -0.2) is 79.1 Å². The summed E-state index contributed by atoms with van der Waals surface area (Å²) in [7, 11) is -3.49. The summed E-state index contributed by atoms with van der Waals surface area (Å²) in [5.41, 5.74) is 1.65. The molecule has 3 rings (SSSR count). The minimum atomic E-state index is -3.49. The first-order valence-electron chi connectivity index (χ1n) is 12.0. The van der Waals surface area contributed by atoms with Crippen molar-refractivity contribution < 1.29 is 18.0 Å². The second-order valence-electron chi connectivity index (χ2n) is 10.1. The van der Waals surface area contributed by atoms with Gasteiger partial charge < -0.3 is 10.2 Å². The minimum Gasteiger partial charge on any atom is -0.341 e. The SMILES string of the molecule is CC(NC(=O)c1ccc(C(C)(C)C)cc1)C(=O)N1CCN(S(=O)(=O)N2CCCCCC2)CC1. The number of benzene rings is 1. The van der Waals surface area contributed by atoms with E-state index in [4.69, 9.17) is 0 Å². The normalized spacial score (nSPS) is 20.2. The molecule has 0 bridgehead atoms. The van der Waals surface area contributed by atoms with Crippen molar-refractivity contribution in [3.8, 4) is 0 Å². The molecule has 2 fully saturated rings. The Morgan fingerprint density at radius 2 is 1.36 bits per heavy atom. The van der Waals surface area contributed by atoms with Crippen LogP contribution in [0.1, 0.15) is 69.3 Å². The highest BCUT2D eigenvalue weighted by atomic mass is 32.2. The van der Waals surface area contributed by atoms with Gasteiger partial charge in [0.25, 0.3) is 16.1 Å². The van der Waals surface area contributed by atoms with E-state index >= 15 is 0 Å². The average Bonchev–Trinajstić information content (AvgIpc) is 3.08. The van der Waals surface area contributed by atoms with Crippen molar-refractivity contribution in [1.29, 1.82) is 0 Å². The molecule has 1 aromatic rings. The number of carbonyl (C=O) groups excluding carboxylic acids is 2. The summed E-state index contributed by atoms with van der Waals surface area (Å²) < 4.78 is 29.0. The van der Waals surface area contributed by atoms with E-state index in [1.165, 1.54) is 4.31 Å². The summed E-state index contributed by atoms with van der Waals surface area (Å²) in [5.74, 6) is -0.486. The molecule has 1 atom stereocenters. The molecule has 9 heteroatoms. The molecule has 0 aromatic heterocycles. The fourth-order valence-corrected chi connectivity index (χ4v) is 5.98. The Morgan fingerprint density at radius 1 is 0.848 bits per heavy atom. The van der Waals surface area contributed by atoms with Crippen LogP contribution in [-0.2, 0) is 20.4 Å². The lowest BCUT2D eigenvalue weighted by Gasteiger charge is -2.37. The zero-order valence-corrected chi connectivity index (χ0v) is 21.2. The average molecular weight is 479 g/mol. The third-order valence-electron chi connectivity index (χ3n) is 6.50. The van der Waals surface area contributed by atoms with E-state index in [1.54, 1.807) is 28.3 Å². The van der Waals surface area contributed by atoms with Crippen molar-refractivity contribution in [2.45, 2.75) is 64.8 Å². The van der Waals surface area contributed by atoms with Gasteiger partial charge in [0.15, 0.2) is 0 Å². The lowest BCUT2D eigenvalue weighted by Crippen LogP contribution is -2.57. The molecular formula is C24H38N4O4S. The van der Waals surface area contributed by atoms with Crippen LogP contribution in [0.5, 0.6) is 0 Å². The predicted molar refractivity (Wildman–Crippen MR) is 129 cm³/mol. The Morgan fingerprint density at radius 3 is 1.88 bits per heavy atom.